The second-order valence-corrected chi connectivity index (χ2v) is 9.18. The zero-order valence-electron chi connectivity index (χ0n) is 19.8. The number of carbonyl (C=O) groups excluding carboxylic acids is 3. The molecule has 1 saturated heterocycles. The Bertz CT molecular complexity index is 1080. The van der Waals surface area contributed by atoms with Crippen molar-refractivity contribution >= 4 is 17.7 Å². The van der Waals surface area contributed by atoms with Gasteiger partial charge in [0, 0.05) is 30.3 Å². The summed E-state index contributed by atoms with van der Waals surface area (Å²) in [6.45, 7) is 6.92. The lowest BCUT2D eigenvalue weighted by molar-refractivity contribution is -0.125. The van der Waals surface area contributed by atoms with Crippen molar-refractivity contribution < 1.29 is 23.9 Å². The number of rotatable bonds is 6. The minimum atomic E-state index is -0.698. The van der Waals surface area contributed by atoms with Gasteiger partial charge in [-0.2, -0.15) is 0 Å². The quantitative estimate of drug-likeness (QED) is 0.684. The molecule has 0 unspecified atom stereocenters. The summed E-state index contributed by atoms with van der Waals surface area (Å²) in [5.74, 6) is 0.455. The number of aryl methyl sites for hydroxylation is 1. The second kappa shape index (κ2) is 10.2. The first-order valence-electron chi connectivity index (χ1n) is 11.7. The highest BCUT2D eigenvalue weighted by Gasteiger charge is 2.34. The Kier molecular flexibility index (Phi) is 7.05. The third-order valence-electron chi connectivity index (χ3n) is 6.20. The van der Waals surface area contributed by atoms with Crippen LogP contribution in [0.1, 0.15) is 53.0 Å². The van der Waals surface area contributed by atoms with E-state index in [-0.39, 0.29) is 36.5 Å². The number of piperidine rings is 1. The Morgan fingerprint density at radius 2 is 1.68 bits per heavy atom. The molecule has 0 spiro atoms. The van der Waals surface area contributed by atoms with Gasteiger partial charge in [-0.05, 0) is 69.9 Å². The number of benzene rings is 2. The molecule has 2 aromatic carbocycles. The maximum absolute atomic E-state index is 13.0. The molecular formula is C26H31N3O5. The molecule has 0 radical (unpaired) electrons. The predicted molar refractivity (Wildman–Crippen MR) is 127 cm³/mol. The van der Waals surface area contributed by atoms with Gasteiger partial charge in [0.15, 0.2) is 11.5 Å². The van der Waals surface area contributed by atoms with Gasteiger partial charge in [0.05, 0.1) is 0 Å². The Morgan fingerprint density at radius 3 is 2.38 bits per heavy atom. The first kappa shape index (κ1) is 23.6. The van der Waals surface area contributed by atoms with E-state index in [9.17, 15) is 14.4 Å². The van der Waals surface area contributed by atoms with Crippen LogP contribution in [0.3, 0.4) is 0 Å². The molecule has 4 rings (SSSR count). The molecule has 0 bridgehead atoms. The third-order valence-corrected chi connectivity index (χ3v) is 6.20. The molecule has 2 aliphatic rings. The Balaban J connectivity index is 1.44. The highest BCUT2D eigenvalue weighted by molar-refractivity contribution is 5.98. The number of likely N-dealkylation sites (tertiary alicyclic amines) is 1. The summed E-state index contributed by atoms with van der Waals surface area (Å²) in [7, 11) is 0. The van der Waals surface area contributed by atoms with Gasteiger partial charge in [-0.1, -0.05) is 17.7 Å². The smallest absolute Gasteiger partial charge is 0.253 e. The number of carbonyl (C=O) groups is 3. The molecule has 180 valence electrons. The van der Waals surface area contributed by atoms with Crippen molar-refractivity contribution in [1.82, 2.24) is 15.5 Å². The average Bonchev–Trinajstić information content (AvgIpc) is 3.29. The second-order valence-electron chi connectivity index (χ2n) is 9.18. The van der Waals surface area contributed by atoms with Gasteiger partial charge in [-0.3, -0.25) is 14.4 Å². The highest BCUT2D eigenvalue weighted by Crippen LogP contribution is 2.32. The van der Waals surface area contributed by atoms with Crippen LogP contribution >= 0.6 is 0 Å². The summed E-state index contributed by atoms with van der Waals surface area (Å²) < 4.78 is 10.7. The lowest BCUT2D eigenvalue weighted by Crippen LogP contribution is -2.54. The fourth-order valence-corrected chi connectivity index (χ4v) is 4.43. The van der Waals surface area contributed by atoms with Gasteiger partial charge in [0.2, 0.25) is 12.7 Å². The highest BCUT2D eigenvalue weighted by atomic mass is 16.7. The Labute approximate surface area is 199 Å². The number of nitrogens with zero attached hydrogens (tertiary/aromatic N) is 1. The Hall–Kier alpha value is -3.55. The van der Waals surface area contributed by atoms with Crippen LogP contribution in [0.15, 0.2) is 42.5 Å². The van der Waals surface area contributed by atoms with Crippen LogP contribution < -0.4 is 20.1 Å². The van der Waals surface area contributed by atoms with Crippen molar-refractivity contribution in [2.24, 2.45) is 5.92 Å². The maximum Gasteiger partial charge on any atom is 0.253 e. The lowest BCUT2D eigenvalue weighted by Gasteiger charge is -2.36. The average molecular weight is 466 g/mol. The zero-order valence-corrected chi connectivity index (χ0v) is 19.8. The van der Waals surface area contributed by atoms with Crippen LogP contribution in [0.2, 0.25) is 0 Å². The molecule has 3 amide bonds. The molecule has 34 heavy (non-hydrogen) atoms. The van der Waals surface area contributed by atoms with Gasteiger partial charge >= 0.3 is 0 Å². The first-order valence-corrected chi connectivity index (χ1v) is 11.7. The van der Waals surface area contributed by atoms with E-state index in [0.717, 1.165) is 5.56 Å². The number of fused-ring (bicyclic) bond motifs is 1. The molecule has 8 heteroatoms. The SMILES string of the molecule is Cc1cccc(C(=O)N2CCC([C@H](NC(=O)c3ccc4c(c3)OCO4)C(=O)NC(C)C)CC2)c1. The van der Waals surface area contributed by atoms with Gasteiger partial charge in [0.1, 0.15) is 6.04 Å². The molecule has 1 atom stereocenters. The largest absolute Gasteiger partial charge is 0.454 e. The molecular weight excluding hydrogens is 434 g/mol. The van der Waals surface area contributed by atoms with Crippen LogP contribution in [-0.2, 0) is 4.79 Å². The summed E-state index contributed by atoms with van der Waals surface area (Å²) in [6.07, 6.45) is 1.24. The molecule has 2 N–H and O–H groups in total. The molecule has 0 aliphatic carbocycles. The van der Waals surface area contributed by atoms with Crippen LogP contribution in [0, 0.1) is 12.8 Å². The molecule has 2 heterocycles. The van der Waals surface area contributed by atoms with Gasteiger partial charge in [-0.15, -0.1) is 0 Å². The predicted octanol–water partition coefficient (Wildman–Crippen LogP) is 2.90. The first-order chi connectivity index (χ1) is 16.3. The normalized spacial score (nSPS) is 16.3. The van der Waals surface area contributed by atoms with E-state index >= 15 is 0 Å². The Morgan fingerprint density at radius 1 is 0.941 bits per heavy atom. The van der Waals surface area contributed by atoms with Crippen molar-refractivity contribution in [3.63, 3.8) is 0 Å². The number of nitrogens with one attached hydrogen (secondary N) is 2. The van der Waals surface area contributed by atoms with Crippen molar-refractivity contribution in [3.8, 4) is 11.5 Å². The van der Waals surface area contributed by atoms with Crippen LogP contribution in [-0.4, -0.2) is 54.6 Å². The summed E-state index contributed by atoms with van der Waals surface area (Å²) in [5.41, 5.74) is 2.11. The van der Waals surface area contributed by atoms with Crippen molar-refractivity contribution in [2.45, 2.75) is 45.7 Å². The van der Waals surface area contributed by atoms with Crippen molar-refractivity contribution in [2.75, 3.05) is 19.9 Å². The van der Waals surface area contributed by atoms with Gasteiger partial charge in [0.25, 0.3) is 11.8 Å². The van der Waals surface area contributed by atoms with Crippen LogP contribution in [0.5, 0.6) is 11.5 Å². The van der Waals surface area contributed by atoms with E-state index in [1.165, 1.54) is 0 Å². The molecule has 8 nitrogen and oxygen atoms in total. The molecule has 0 aromatic heterocycles. The summed E-state index contributed by atoms with van der Waals surface area (Å²) >= 11 is 0. The fourth-order valence-electron chi connectivity index (χ4n) is 4.43. The number of hydrogen-bond donors (Lipinski definition) is 2. The molecule has 0 saturated carbocycles. The molecule has 2 aliphatic heterocycles. The van der Waals surface area contributed by atoms with E-state index in [2.05, 4.69) is 10.6 Å². The van der Waals surface area contributed by atoms with E-state index < -0.39 is 6.04 Å². The third kappa shape index (κ3) is 5.32. The number of amides is 3. The minimum Gasteiger partial charge on any atom is -0.454 e. The topological polar surface area (TPSA) is 97.0 Å². The maximum atomic E-state index is 13.0. The van der Waals surface area contributed by atoms with Crippen molar-refractivity contribution in [3.05, 3.63) is 59.2 Å². The summed E-state index contributed by atoms with van der Waals surface area (Å²) in [5, 5.41) is 5.86. The van der Waals surface area contributed by atoms with Crippen LogP contribution in [0.25, 0.3) is 0 Å². The summed E-state index contributed by atoms with van der Waals surface area (Å²) in [6, 6.07) is 11.8. The van der Waals surface area contributed by atoms with Crippen molar-refractivity contribution in [1.29, 1.82) is 0 Å². The van der Waals surface area contributed by atoms with E-state index in [1.54, 1.807) is 18.2 Å². The number of ether oxygens (including phenoxy) is 2. The van der Waals surface area contributed by atoms with Gasteiger partial charge < -0.3 is 25.0 Å². The minimum absolute atomic E-state index is 0.00488. The van der Waals surface area contributed by atoms with E-state index in [1.807, 2.05) is 49.9 Å². The summed E-state index contributed by atoms with van der Waals surface area (Å²) in [4.78, 5) is 40.8. The van der Waals surface area contributed by atoms with E-state index in [0.29, 0.717) is 48.6 Å². The molecule has 2 aromatic rings. The lowest BCUT2D eigenvalue weighted by atomic mass is 9.88. The van der Waals surface area contributed by atoms with E-state index in [4.69, 9.17) is 9.47 Å². The van der Waals surface area contributed by atoms with Gasteiger partial charge in [-0.25, -0.2) is 0 Å². The number of hydrogen-bond acceptors (Lipinski definition) is 5. The molecule has 1 fully saturated rings. The monoisotopic (exact) mass is 465 g/mol. The van der Waals surface area contributed by atoms with Crippen LogP contribution in [0.4, 0.5) is 0 Å². The zero-order chi connectivity index (χ0) is 24.2. The standard InChI is InChI=1S/C26H31N3O5/c1-16(2)27-25(31)23(28-24(30)19-7-8-21-22(14-19)34-15-33-21)18-9-11-29(12-10-18)26(32)20-6-4-5-17(3)13-20/h4-8,13-14,16,18,23H,9-12,15H2,1-3H3,(H,27,31)(H,28,30)/t23-/m0/s1. The fraction of sp³-hybridized carbons (Fsp3) is 0.423.